The summed E-state index contributed by atoms with van der Waals surface area (Å²) in [5.74, 6) is 5.45. The maximum absolute atomic E-state index is 13.9. The van der Waals surface area contributed by atoms with Crippen LogP contribution in [0.4, 0.5) is 0 Å². The first kappa shape index (κ1) is 25.2. The lowest BCUT2D eigenvalue weighted by molar-refractivity contribution is -0.169. The summed E-state index contributed by atoms with van der Waals surface area (Å²) in [6.07, 6.45) is 11.5. The quantitative estimate of drug-likeness (QED) is 0.388. The Kier molecular flexibility index (Phi) is 7.12. The first-order chi connectivity index (χ1) is 15.5. The van der Waals surface area contributed by atoms with E-state index in [0.717, 1.165) is 49.4 Å². The first-order valence-electron chi connectivity index (χ1n) is 14.2. The van der Waals surface area contributed by atoms with E-state index in [2.05, 4.69) is 41.5 Å². The SMILES string of the molecule is CC(=O)OC1CCC2(C)C3C(=O)CC4(C)C(CCC4[C@H](C)CC[C@H](C)C(C)C)C3CC[C@H]2C1. The van der Waals surface area contributed by atoms with Gasteiger partial charge < -0.3 is 4.74 Å². The number of fused-ring (bicyclic) bond motifs is 5. The van der Waals surface area contributed by atoms with Gasteiger partial charge in [0.1, 0.15) is 11.9 Å². The summed E-state index contributed by atoms with van der Waals surface area (Å²) >= 11 is 0. The molecule has 0 N–H and O–H groups in total. The van der Waals surface area contributed by atoms with Gasteiger partial charge in [-0.25, -0.2) is 0 Å². The van der Waals surface area contributed by atoms with Crippen LogP contribution in [0.2, 0.25) is 0 Å². The second-order valence-corrected chi connectivity index (χ2v) is 13.6. The minimum absolute atomic E-state index is 0.0611. The summed E-state index contributed by atoms with van der Waals surface area (Å²) in [5.41, 5.74) is 0.311. The van der Waals surface area contributed by atoms with Crippen LogP contribution >= 0.6 is 0 Å². The monoisotopic (exact) mass is 458 g/mol. The molecule has 0 amide bonds. The molecule has 4 saturated carbocycles. The van der Waals surface area contributed by atoms with E-state index in [-0.39, 0.29) is 28.8 Å². The number of carbonyl (C=O) groups excluding carboxylic acids is 2. The van der Waals surface area contributed by atoms with Gasteiger partial charge in [-0.2, -0.15) is 0 Å². The largest absolute Gasteiger partial charge is 0.463 e. The molecular formula is C30H50O3. The third-order valence-corrected chi connectivity index (χ3v) is 11.6. The molecule has 0 aromatic rings. The molecule has 4 aliphatic rings. The van der Waals surface area contributed by atoms with Crippen molar-refractivity contribution < 1.29 is 14.3 Å². The number of ether oxygens (including phenoxy) is 1. The molecule has 3 heteroatoms. The topological polar surface area (TPSA) is 43.4 Å². The zero-order chi connectivity index (χ0) is 24.1. The minimum atomic E-state index is -0.157. The molecule has 7 unspecified atom stereocenters. The highest BCUT2D eigenvalue weighted by atomic mass is 16.5. The van der Waals surface area contributed by atoms with E-state index in [1.807, 2.05) is 0 Å². The van der Waals surface area contributed by atoms with E-state index in [4.69, 9.17) is 4.74 Å². The second kappa shape index (κ2) is 9.30. The van der Waals surface area contributed by atoms with Gasteiger partial charge in [-0.15, -0.1) is 0 Å². The molecule has 0 aromatic heterocycles. The smallest absolute Gasteiger partial charge is 0.302 e. The van der Waals surface area contributed by atoms with Crippen molar-refractivity contribution in [3.63, 3.8) is 0 Å². The van der Waals surface area contributed by atoms with Crippen molar-refractivity contribution in [2.24, 2.45) is 58.2 Å². The molecule has 0 radical (unpaired) electrons. The van der Waals surface area contributed by atoms with Crippen LogP contribution in [0.5, 0.6) is 0 Å². The molecule has 0 aliphatic heterocycles. The van der Waals surface area contributed by atoms with Gasteiger partial charge in [-0.1, -0.05) is 54.4 Å². The minimum Gasteiger partial charge on any atom is -0.463 e. The average molecular weight is 459 g/mol. The Hall–Kier alpha value is -0.860. The highest BCUT2D eigenvalue weighted by Crippen LogP contribution is 2.67. The van der Waals surface area contributed by atoms with Crippen LogP contribution in [-0.2, 0) is 14.3 Å². The van der Waals surface area contributed by atoms with Crippen LogP contribution in [0.3, 0.4) is 0 Å². The fraction of sp³-hybridized carbons (Fsp3) is 0.933. The van der Waals surface area contributed by atoms with Gasteiger partial charge in [0.2, 0.25) is 0 Å². The van der Waals surface area contributed by atoms with Crippen LogP contribution in [0.25, 0.3) is 0 Å². The standard InChI is InChI=1S/C30H50O3/c1-18(2)19(3)8-9-20(4)25-12-13-26-24-11-10-22-16-23(33-21(5)31)14-15-29(22,6)28(24)27(32)17-30(25,26)7/h18-20,22-26,28H,8-17H2,1-7H3/t19-,20+,22-,23?,24?,25?,26?,28?,29?,30?/m0/s1. The first-order valence-corrected chi connectivity index (χ1v) is 14.2. The Morgan fingerprint density at radius 2 is 1.73 bits per heavy atom. The van der Waals surface area contributed by atoms with Gasteiger partial charge in [0, 0.05) is 19.3 Å². The molecule has 0 spiro atoms. The number of hydrogen-bond acceptors (Lipinski definition) is 3. The van der Waals surface area contributed by atoms with Crippen LogP contribution in [0, 0.1) is 58.2 Å². The third-order valence-electron chi connectivity index (χ3n) is 11.6. The van der Waals surface area contributed by atoms with Crippen molar-refractivity contribution in [1.82, 2.24) is 0 Å². The Balaban J connectivity index is 1.49. The summed E-state index contributed by atoms with van der Waals surface area (Å²) in [5, 5.41) is 0. The number of esters is 1. The maximum atomic E-state index is 13.9. The summed E-state index contributed by atoms with van der Waals surface area (Å²) in [6.45, 7) is 16.0. The molecule has 0 heterocycles. The van der Waals surface area contributed by atoms with Crippen molar-refractivity contribution in [3.8, 4) is 0 Å². The second-order valence-electron chi connectivity index (χ2n) is 13.6. The Morgan fingerprint density at radius 1 is 1.00 bits per heavy atom. The van der Waals surface area contributed by atoms with Crippen LogP contribution in [-0.4, -0.2) is 17.9 Å². The van der Waals surface area contributed by atoms with Gasteiger partial charge in [0.05, 0.1) is 0 Å². The molecular weight excluding hydrogens is 408 g/mol. The predicted molar refractivity (Wildman–Crippen MR) is 134 cm³/mol. The number of rotatable bonds is 6. The number of hydrogen-bond donors (Lipinski definition) is 0. The molecule has 0 bridgehead atoms. The summed E-state index contributed by atoms with van der Waals surface area (Å²) in [7, 11) is 0. The highest BCUT2D eigenvalue weighted by Gasteiger charge is 2.63. The maximum Gasteiger partial charge on any atom is 0.302 e. The van der Waals surface area contributed by atoms with Gasteiger partial charge in [0.15, 0.2) is 0 Å². The normalized spacial score (nSPS) is 44.5. The van der Waals surface area contributed by atoms with Crippen LogP contribution < -0.4 is 0 Å². The molecule has 4 fully saturated rings. The van der Waals surface area contributed by atoms with Gasteiger partial charge in [-0.05, 0) is 97.2 Å². The summed E-state index contributed by atoms with van der Waals surface area (Å²) in [6, 6.07) is 0. The van der Waals surface area contributed by atoms with Crippen molar-refractivity contribution >= 4 is 11.8 Å². The molecule has 10 atom stereocenters. The predicted octanol–water partition coefficient (Wildman–Crippen LogP) is 7.46. The molecule has 4 rings (SSSR count). The lowest BCUT2D eigenvalue weighted by Crippen LogP contribution is -2.58. The summed E-state index contributed by atoms with van der Waals surface area (Å²) in [4.78, 5) is 25.5. The molecule has 33 heavy (non-hydrogen) atoms. The third kappa shape index (κ3) is 4.44. The zero-order valence-electron chi connectivity index (χ0n) is 22.5. The van der Waals surface area contributed by atoms with Crippen LogP contribution in [0.15, 0.2) is 0 Å². The molecule has 0 saturated heterocycles. The average Bonchev–Trinajstić information content (AvgIpc) is 3.07. The van der Waals surface area contributed by atoms with Crippen LogP contribution in [0.1, 0.15) is 113 Å². The molecule has 0 aromatic carbocycles. The number of carbonyl (C=O) groups is 2. The van der Waals surface area contributed by atoms with E-state index in [9.17, 15) is 9.59 Å². The van der Waals surface area contributed by atoms with E-state index >= 15 is 0 Å². The fourth-order valence-corrected chi connectivity index (χ4v) is 9.41. The molecule has 188 valence electrons. The van der Waals surface area contributed by atoms with Crippen molar-refractivity contribution in [2.75, 3.05) is 0 Å². The molecule has 3 nitrogen and oxygen atoms in total. The number of ketones is 1. The van der Waals surface area contributed by atoms with E-state index in [0.29, 0.717) is 23.5 Å². The van der Waals surface area contributed by atoms with E-state index < -0.39 is 0 Å². The number of Topliss-reactive ketones (excluding diaryl/α,β-unsaturated/α-hetero) is 1. The van der Waals surface area contributed by atoms with Gasteiger partial charge in [0.25, 0.3) is 0 Å². The van der Waals surface area contributed by atoms with Crippen molar-refractivity contribution in [2.45, 2.75) is 119 Å². The molecule has 4 aliphatic carbocycles. The van der Waals surface area contributed by atoms with Gasteiger partial charge >= 0.3 is 5.97 Å². The lowest BCUT2D eigenvalue weighted by Gasteiger charge is -2.60. The summed E-state index contributed by atoms with van der Waals surface area (Å²) < 4.78 is 5.60. The Bertz CT molecular complexity index is 743. The zero-order valence-corrected chi connectivity index (χ0v) is 22.5. The Labute approximate surface area is 203 Å². The lowest BCUT2D eigenvalue weighted by atomic mass is 9.44. The van der Waals surface area contributed by atoms with Crippen molar-refractivity contribution in [1.29, 1.82) is 0 Å². The highest BCUT2D eigenvalue weighted by molar-refractivity contribution is 5.84. The van der Waals surface area contributed by atoms with E-state index in [1.54, 1.807) is 0 Å². The fourth-order valence-electron chi connectivity index (χ4n) is 9.41. The Morgan fingerprint density at radius 3 is 2.39 bits per heavy atom. The van der Waals surface area contributed by atoms with Gasteiger partial charge in [-0.3, -0.25) is 9.59 Å². The van der Waals surface area contributed by atoms with E-state index in [1.165, 1.54) is 45.4 Å². The van der Waals surface area contributed by atoms with Crippen molar-refractivity contribution in [3.05, 3.63) is 0 Å².